The van der Waals surface area contributed by atoms with Crippen LogP contribution in [0.25, 0.3) is 0 Å². The smallest absolute Gasteiger partial charge is 0.496 e. The van der Waals surface area contributed by atoms with E-state index in [1.54, 1.807) is 42.3 Å². The fourth-order valence-corrected chi connectivity index (χ4v) is 10.5. The number of piperidine rings is 2. The third-order valence-corrected chi connectivity index (χ3v) is 14.3. The summed E-state index contributed by atoms with van der Waals surface area (Å²) in [6, 6.07) is 26.2. The second-order valence-corrected chi connectivity index (χ2v) is 19.6. The molecule has 23 heteroatoms. The van der Waals surface area contributed by atoms with Crippen molar-refractivity contribution < 1.29 is 82.1 Å². The van der Waals surface area contributed by atoms with Crippen LogP contribution in [0.3, 0.4) is 0 Å². The van der Waals surface area contributed by atoms with Crippen molar-refractivity contribution in [3.63, 3.8) is 0 Å². The van der Waals surface area contributed by atoms with Crippen molar-refractivity contribution in [1.82, 2.24) is 25.9 Å². The van der Waals surface area contributed by atoms with E-state index in [0.717, 1.165) is 47.2 Å². The van der Waals surface area contributed by atoms with E-state index >= 15 is 4.79 Å². The maximum atomic E-state index is 15.8. The summed E-state index contributed by atoms with van der Waals surface area (Å²) in [5.74, 6) is -3.62. The van der Waals surface area contributed by atoms with Crippen molar-refractivity contribution in [3.05, 3.63) is 153 Å². The molecule has 0 radical (unpaired) electrons. The van der Waals surface area contributed by atoms with Crippen molar-refractivity contribution in [1.29, 1.82) is 0 Å². The number of hydrogen-bond acceptors (Lipinski definition) is 17. The molecule has 3 aliphatic rings. The number of ether oxygens (including phenoxy) is 5. The first-order valence-electron chi connectivity index (χ1n) is 25.3. The Hall–Kier alpha value is -6.99. The molecular weight excluding hydrogens is 1040 g/mol. The molecule has 8 rings (SSSR count). The number of nitrogens with zero attached hydrogens (tertiary/aromatic N) is 4. The van der Waals surface area contributed by atoms with Gasteiger partial charge in [0.25, 0.3) is 0 Å². The monoisotopic (exact) mass is 1100 g/mol. The van der Waals surface area contributed by atoms with Crippen molar-refractivity contribution in [2.24, 2.45) is 11.8 Å². The van der Waals surface area contributed by atoms with Crippen LogP contribution in [0.15, 0.2) is 103 Å². The van der Waals surface area contributed by atoms with E-state index in [1.165, 1.54) is 18.2 Å². The van der Waals surface area contributed by atoms with Gasteiger partial charge >= 0.3 is 12.2 Å². The molecule has 1 saturated carbocycles. The molecule has 2 saturated heterocycles. The maximum absolute atomic E-state index is 15.8. The molecule has 5 N–H and O–H groups in total. The Bertz CT molecular complexity index is 2900. The average Bonchev–Trinajstić information content (AvgIpc) is 4.28. The molecule has 0 spiro atoms. The number of carbonyl (C=O) groups excluding carboxylic acids is 4. The number of aryl methyl sites for hydroxylation is 2. The summed E-state index contributed by atoms with van der Waals surface area (Å²) >= 11 is 5.96. The molecule has 2 heterocycles. The maximum Gasteiger partial charge on any atom is 0.513 e. The Balaban J connectivity index is 1.04. The molecule has 416 valence electrons. The van der Waals surface area contributed by atoms with Gasteiger partial charge in [0.2, 0.25) is 11.8 Å². The standard InChI is InChI=1S/C55H60ClF2N5O15/c1-33-24-35(13-20-48(33)72-2)30-60(40-16-17-40)53(65)49-44(38-14-11-34(12-15-38)8-5-22-73-51-46(58)19-18-45(57)50(51)56)29-41-27-39(28-47(49)61(41)54(66)77-42-9-3-6-36(25-42)31-75-62(68)69)52(64)59-21-23-74-55(67)78-43-10-4-7-37(26-43)32-76-63(70)71/h3-4,6-7,9-15,18-20,24-26,39-41,44,47,49,68-71H,5,8,16-17,21-23,27-32H2,1-2H3,(H,59,64). The van der Waals surface area contributed by atoms with Crippen LogP contribution in [0.4, 0.5) is 18.4 Å². The highest BCUT2D eigenvalue weighted by Crippen LogP contribution is 2.49. The number of amides is 3. The lowest BCUT2D eigenvalue weighted by Crippen LogP contribution is -2.64. The molecule has 1 aliphatic carbocycles. The van der Waals surface area contributed by atoms with Crippen molar-refractivity contribution in [2.75, 3.05) is 26.9 Å². The van der Waals surface area contributed by atoms with E-state index in [4.69, 9.17) is 61.0 Å². The average molecular weight is 1100 g/mol. The van der Waals surface area contributed by atoms with Crippen LogP contribution in [0, 0.1) is 30.4 Å². The van der Waals surface area contributed by atoms with Gasteiger partial charge in [-0.15, -0.1) is 0 Å². The zero-order valence-corrected chi connectivity index (χ0v) is 43.4. The molecule has 5 aromatic carbocycles. The number of fused-ring (bicyclic) bond motifs is 2. The molecule has 2 aliphatic heterocycles. The SMILES string of the molecule is COc1ccc(CN(C(=O)C2C(c3ccc(CCCOc4c(F)ccc(F)c4Cl)cc3)CC3CC(C(=O)NCCOC(=O)Oc4cccc(CON(O)O)c4)CC2N3C(=O)Oc2cccc(CON(O)O)c2)C2CC2)cc1C. The molecule has 3 fully saturated rings. The zero-order chi connectivity index (χ0) is 55.5. The predicted molar refractivity (Wildman–Crippen MR) is 270 cm³/mol. The molecule has 3 amide bonds. The van der Waals surface area contributed by atoms with Gasteiger partial charge < -0.3 is 38.8 Å². The molecule has 78 heavy (non-hydrogen) atoms. The summed E-state index contributed by atoms with van der Waals surface area (Å²) in [6.07, 6.45) is 1.20. The fourth-order valence-electron chi connectivity index (χ4n) is 10.2. The van der Waals surface area contributed by atoms with Crippen molar-refractivity contribution in [2.45, 2.75) is 95.7 Å². The van der Waals surface area contributed by atoms with E-state index in [-0.39, 0.29) is 93.9 Å². The van der Waals surface area contributed by atoms with E-state index in [1.807, 2.05) is 54.3 Å². The minimum atomic E-state index is -1.06. The van der Waals surface area contributed by atoms with E-state index < -0.39 is 69.5 Å². The lowest BCUT2D eigenvalue weighted by Gasteiger charge is -2.54. The Labute approximate surface area is 452 Å². The van der Waals surface area contributed by atoms with E-state index in [2.05, 4.69) is 10.2 Å². The summed E-state index contributed by atoms with van der Waals surface area (Å²) < 4.78 is 56.0. The van der Waals surface area contributed by atoms with Crippen LogP contribution in [-0.4, -0.2) is 110 Å². The third kappa shape index (κ3) is 15.0. The second-order valence-electron chi connectivity index (χ2n) is 19.2. The summed E-state index contributed by atoms with van der Waals surface area (Å²) in [5, 5.41) is 37.5. The lowest BCUT2D eigenvalue weighted by molar-refractivity contribution is -0.497. The molecular formula is C55H60ClF2N5O15. The minimum Gasteiger partial charge on any atom is -0.496 e. The van der Waals surface area contributed by atoms with Crippen LogP contribution in [-0.2, 0) is 50.2 Å². The van der Waals surface area contributed by atoms with Gasteiger partial charge in [-0.1, -0.05) is 72.3 Å². The molecule has 5 aromatic rings. The van der Waals surface area contributed by atoms with Crippen LogP contribution in [0.2, 0.25) is 5.02 Å². The zero-order valence-electron chi connectivity index (χ0n) is 42.7. The molecule has 5 atom stereocenters. The van der Waals surface area contributed by atoms with Gasteiger partial charge in [0.05, 0.1) is 50.2 Å². The molecule has 5 unspecified atom stereocenters. The van der Waals surface area contributed by atoms with Crippen molar-refractivity contribution in [3.8, 4) is 23.0 Å². The Morgan fingerprint density at radius 2 is 1.41 bits per heavy atom. The first-order valence-corrected chi connectivity index (χ1v) is 25.6. The van der Waals surface area contributed by atoms with Gasteiger partial charge in [-0.25, -0.2) is 28.0 Å². The molecule has 0 aromatic heterocycles. The van der Waals surface area contributed by atoms with Crippen LogP contribution >= 0.6 is 11.6 Å². The quantitative estimate of drug-likeness (QED) is 0.0135. The normalized spacial score (nSPS) is 18.8. The highest BCUT2D eigenvalue weighted by atomic mass is 35.5. The van der Waals surface area contributed by atoms with E-state index in [0.29, 0.717) is 29.7 Å². The molecule has 2 bridgehead atoms. The first kappa shape index (κ1) is 57.2. The molecule has 20 nitrogen and oxygen atoms in total. The highest BCUT2D eigenvalue weighted by Gasteiger charge is 2.55. The largest absolute Gasteiger partial charge is 0.513 e. The topological polar surface area (TPSA) is 239 Å². The van der Waals surface area contributed by atoms with E-state index in [9.17, 15) is 23.2 Å². The summed E-state index contributed by atoms with van der Waals surface area (Å²) in [5.41, 5.74) is 4.42. The van der Waals surface area contributed by atoms with Crippen molar-refractivity contribution >= 4 is 35.7 Å². The number of halogens is 3. The lowest BCUT2D eigenvalue weighted by atomic mass is 9.65. The Morgan fingerprint density at radius 3 is 2.05 bits per heavy atom. The van der Waals surface area contributed by atoms with Gasteiger partial charge in [0.15, 0.2) is 11.6 Å². The van der Waals surface area contributed by atoms with Gasteiger partial charge in [0, 0.05) is 30.6 Å². The highest BCUT2D eigenvalue weighted by molar-refractivity contribution is 6.32. The third-order valence-electron chi connectivity index (χ3n) is 13.9. The fraction of sp³-hybridized carbons (Fsp3) is 0.382. The number of benzene rings is 5. The van der Waals surface area contributed by atoms with Gasteiger partial charge in [-0.3, -0.25) is 30.4 Å². The van der Waals surface area contributed by atoms with Crippen LogP contribution in [0.5, 0.6) is 23.0 Å². The summed E-state index contributed by atoms with van der Waals surface area (Å²) in [6.45, 7) is 1.40. The first-order chi connectivity index (χ1) is 37.5. The van der Waals surface area contributed by atoms with Gasteiger partial charge in [-0.2, -0.15) is 0 Å². The minimum absolute atomic E-state index is 0.0580. The summed E-state index contributed by atoms with van der Waals surface area (Å²) in [7, 11) is 1.59. The summed E-state index contributed by atoms with van der Waals surface area (Å²) in [4.78, 5) is 70.2. The second kappa shape index (κ2) is 26.6. The van der Waals surface area contributed by atoms with Gasteiger partial charge in [0.1, 0.15) is 34.7 Å². The van der Waals surface area contributed by atoms with Crippen LogP contribution < -0.4 is 24.3 Å². The number of methoxy groups -OCH3 is 1. The number of hydrogen-bond donors (Lipinski definition) is 5. The Kier molecular flexibility index (Phi) is 19.5. The number of nitrogens with one attached hydrogen (secondary N) is 1. The van der Waals surface area contributed by atoms with Gasteiger partial charge in [-0.05, 0) is 134 Å². The number of rotatable bonds is 23. The number of carbonyl (C=O) groups is 4. The Morgan fingerprint density at radius 1 is 0.756 bits per heavy atom. The van der Waals surface area contributed by atoms with Crippen LogP contribution in [0.1, 0.15) is 77.8 Å². The predicted octanol–water partition coefficient (Wildman–Crippen LogP) is 9.25.